The van der Waals surface area contributed by atoms with Crippen LogP contribution in [-0.4, -0.2) is 14.6 Å². The molecule has 0 aliphatic heterocycles. The van der Waals surface area contributed by atoms with Gasteiger partial charge in [0.05, 0.1) is 0 Å². The number of benzene rings is 1. The summed E-state index contributed by atoms with van der Waals surface area (Å²) in [6, 6.07) is 11.8. The number of fused-ring (bicyclic) bond motifs is 1. The molecule has 2 heterocycles. The largest absolute Gasteiger partial charge is 0.399 e. The van der Waals surface area contributed by atoms with Gasteiger partial charge in [-0.15, -0.1) is 10.2 Å². The lowest BCUT2D eigenvalue weighted by Gasteiger charge is -2.03. The number of rotatable bonds is 2. The van der Waals surface area contributed by atoms with E-state index in [2.05, 4.69) is 16.3 Å². The average molecular weight is 256 g/mol. The molecular weight excluding hydrogens is 244 g/mol. The highest BCUT2D eigenvalue weighted by molar-refractivity contribution is 7.99. The molecule has 0 aliphatic carbocycles. The van der Waals surface area contributed by atoms with Gasteiger partial charge < -0.3 is 5.73 Å². The van der Waals surface area contributed by atoms with Crippen molar-refractivity contribution in [2.24, 2.45) is 0 Å². The zero-order valence-corrected chi connectivity index (χ0v) is 10.7. The summed E-state index contributed by atoms with van der Waals surface area (Å²) in [5.41, 5.74) is 8.55. The molecule has 0 amide bonds. The first kappa shape index (κ1) is 11.1. The maximum Gasteiger partial charge on any atom is 0.200 e. The predicted molar refractivity (Wildman–Crippen MR) is 72.7 cm³/mol. The molecule has 90 valence electrons. The van der Waals surface area contributed by atoms with Gasteiger partial charge in [-0.05, 0) is 54.6 Å². The van der Waals surface area contributed by atoms with E-state index in [4.69, 9.17) is 5.73 Å². The van der Waals surface area contributed by atoms with Crippen LogP contribution in [0.4, 0.5) is 5.69 Å². The first-order chi connectivity index (χ1) is 8.74. The second kappa shape index (κ2) is 4.34. The Bertz CT molecular complexity index is 705. The van der Waals surface area contributed by atoms with E-state index in [1.807, 2.05) is 47.9 Å². The average Bonchev–Trinajstić information content (AvgIpc) is 2.78. The Balaban J connectivity index is 1.98. The van der Waals surface area contributed by atoms with Crippen LogP contribution in [0, 0.1) is 6.92 Å². The first-order valence-corrected chi connectivity index (χ1v) is 6.39. The summed E-state index contributed by atoms with van der Waals surface area (Å²) in [6.45, 7) is 2.00. The maximum atomic E-state index is 5.81. The van der Waals surface area contributed by atoms with E-state index in [9.17, 15) is 0 Å². The van der Waals surface area contributed by atoms with E-state index in [-0.39, 0.29) is 0 Å². The lowest BCUT2D eigenvalue weighted by atomic mass is 10.2. The molecule has 2 aromatic heterocycles. The lowest BCUT2D eigenvalue weighted by molar-refractivity contribution is 0.921. The number of nitrogens with zero attached hydrogens (tertiary/aromatic N) is 3. The highest BCUT2D eigenvalue weighted by Crippen LogP contribution is 2.28. The fourth-order valence-electron chi connectivity index (χ4n) is 1.71. The van der Waals surface area contributed by atoms with Crippen molar-refractivity contribution in [3.63, 3.8) is 0 Å². The topological polar surface area (TPSA) is 56.2 Å². The molecule has 0 radical (unpaired) electrons. The Kier molecular flexibility index (Phi) is 2.68. The molecule has 0 fully saturated rings. The summed E-state index contributed by atoms with van der Waals surface area (Å²) in [5, 5.41) is 9.17. The van der Waals surface area contributed by atoms with Crippen LogP contribution >= 0.6 is 11.8 Å². The minimum Gasteiger partial charge on any atom is -0.399 e. The number of hydrogen-bond acceptors (Lipinski definition) is 4. The van der Waals surface area contributed by atoms with Crippen molar-refractivity contribution in [2.75, 3.05) is 5.73 Å². The third-order valence-corrected chi connectivity index (χ3v) is 3.68. The maximum absolute atomic E-state index is 5.81. The third-order valence-electron chi connectivity index (χ3n) is 2.73. The number of nitrogens with two attached hydrogens (primary N) is 1. The summed E-state index contributed by atoms with van der Waals surface area (Å²) < 4.78 is 1.97. The molecule has 0 saturated heterocycles. The van der Waals surface area contributed by atoms with Gasteiger partial charge in [-0.2, -0.15) is 0 Å². The smallest absolute Gasteiger partial charge is 0.200 e. The molecule has 0 aliphatic rings. The van der Waals surface area contributed by atoms with Gasteiger partial charge in [-0.3, -0.25) is 4.40 Å². The number of pyridine rings is 1. The van der Waals surface area contributed by atoms with Crippen LogP contribution in [0.3, 0.4) is 0 Å². The van der Waals surface area contributed by atoms with Crippen LogP contribution in [0.25, 0.3) is 5.65 Å². The van der Waals surface area contributed by atoms with Crippen LogP contribution < -0.4 is 5.73 Å². The lowest BCUT2D eigenvalue weighted by Crippen LogP contribution is -1.90. The highest BCUT2D eigenvalue weighted by Gasteiger charge is 2.07. The Morgan fingerprint density at radius 3 is 2.89 bits per heavy atom. The first-order valence-electron chi connectivity index (χ1n) is 5.58. The van der Waals surface area contributed by atoms with Gasteiger partial charge in [0, 0.05) is 16.8 Å². The molecule has 18 heavy (non-hydrogen) atoms. The molecule has 0 unspecified atom stereocenters. The summed E-state index contributed by atoms with van der Waals surface area (Å²) >= 11 is 1.58. The van der Waals surface area contributed by atoms with E-state index in [1.165, 1.54) is 0 Å². The Morgan fingerprint density at radius 2 is 2.06 bits per heavy atom. The van der Waals surface area contributed by atoms with Gasteiger partial charge in [0.2, 0.25) is 0 Å². The van der Waals surface area contributed by atoms with Gasteiger partial charge >= 0.3 is 0 Å². The van der Waals surface area contributed by atoms with E-state index < -0.39 is 0 Å². The molecule has 1 aromatic carbocycles. The quantitative estimate of drug-likeness (QED) is 0.716. The molecule has 4 nitrogen and oxygen atoms in total. The molecule has 3 aromatic rings. The summed E-state index contributed by atoms with van der Waals surface area (Å²) in [5.74, 6) is 0. The molecule has 5 heteroatoms. The van der Waals surface area contributed by atoms with Gasteiger partial charge in [-0.1, -0.05) is 6.07 Å². The zero-order valence-electron chi connectivity index (χ0n) is 9.87. The van der Waals surface area contributed by atoms with Crippen LogP contribution in [-0.2, 0) is 0 Å². The number of anilines is 1. The van der Waals surface area contributed by atoms with Crippen LogP contribution in [0.2, 0.25) is 0 Å². The minimum absolute atomic E-state index is 0.811. The van der Waals surface area contributed by atoms with Gasteiger partial charge in [0.1, 0.15) is 0 Å². The number of aryl methyl sites for hydroxylation is 1. The molecule has 2 N–H and O–H groups in total. The Morgan fingerprint density at radius 1 is 1.17 bits per heavy atom. The molecule has 0 spiro atoms. The van der Waals surface area contributed by atoms with E-state index in [0.717, 1.165) is 26.9 Å². The van der Waals surface area contributed by atoms with E-state index in [1.54, 1.807) is 11.8 Å². The molecule has 3 rings (SSSR count). The highest BCUT2D eigenvalue weighted by atomic mass is 32.2. The molecular formula is C13H12N4S. The van der Waals surface area contributed by atoms with Crippen molar-refractivity contribution in [3.05, 3.63) is 48.2 Å². The van der Waals surface area contributed by atoms with Gasteiger partial charge in [0.25, 0.3) is 0 Å². The van der Waals surface area contributed by atoms with Crippen molar-refractivity contribution < 1.29 is 0 Å². The van der Waals surface area contributed by atoms with Crippen molar-refractivity contribution >= 4 is 23.1 Å². The number of hydrogen-bond donors (Lipinski definition) is 1. The van der Waals surface area contributed by atoms with Crippen molar-refractivity contribution in [2.45, 2.75) is 17.0 Å². The summed E-state index contributed by atoms with van der Waals surface area (Å²) in [4.78, 5) is 1.11. The second-order valence-electron chi connectivity index (χ2n) is 4.03. The number of nitrogen functional groups attached to an aromatic ring is 1. The SMILES string of the molecule is Cc1cc(Sc2nnc3ccccn23)ccc1N. The molecule has 0 bridgehead atoms. The third kappa shape index (κ3) is 1.93. The number of aromatic nitrogens is 3. The fourth-order valence-corrected chi connectivity index (χ4v) is 2.62. The Labute approximate surface area is 109 Å². The molecule has 0 saturated carbocycles. The fraction of sp³-hybridized carbons (Fsp3) is 0.0769. The van der Waals surface area contributed by atoms with Crippen LogP contribution in [0.15, 0.2) is 52.6 Å². The van der Waals surface area contributed by atoms with Crippen LogP contribution in [0.5, 0.6) is 0 Å². The van der Waals surface area contributed by atoms with E-state index in [0.29, 0.717) is 0 Å². The minimum atomic E-state index is 0.811. The predicted octanol–water partition coefficient (Wildman–Crippen LogP) is 2.77. The Hall–Kier alpha value is -2.01. The standard InChI is InChI=1S/C13H12N4S/c1-9-8-10(5-6-11(9)14)18-13-16-15-12-4-2-3-7-17(12)13/h2-8H,14H2,1H3. The zero-order chi connectivity index (χ0) is 12.5. The van der Waals surface area contributed by atoms with Gasteiger partial charge in [0.15, 0.2) is 10.8 Å². The van der Waals surface area contributed by atoms with Crippen molar-refractivity contribution in [1.29, 1.82) is 0 Å². The normalized spacial score (nSPS) is 10.9. The monoisotopic (exact) mass is 256 g/mol. The molecule has 0 atom stereocenters. The van der Waals surface area contributed by atoms with Crippen LogP contribution in [0.1, 0.15) is 5.56 Å². The summed E-state index contributed by atoms with van der Waals surface area (Å²) in [7, 11) is 0. The van der Waals surface area contributed by atoms with Crippen molar-refractivity contribution in [3.8, 4) is 0 Å². The van der Waals surface area contributed by atoms with E-state index >= 15 is 0 Å². The van der Waals surface area contributed by atoms with Gasteiger partial charge in [-0.25, -0.2) is 0 Å². The summed E-state index contributed by atoms with van der Waals surface area (Å²) in [6.07, 6.45) is 1.96. The van der Waals surface area contributed by atoms with Crippen molar-refractivity contribution in [1.82, 2.24) is 14.6 Å². The second-order valence-corrected chi connectivity index (χ2v) is 5.07.